The van der Waals surface area contributed by atoms with Crippen molar-refractivity contribution in [1.29, 1.82) is 0 Å². The van der Waals surface area contributed by atoms with Crippen LogP contribution in [0.1, 0.15) is 12.7 Å². The highest BCUT2D eigenvalue weighted by Crippen LogP contribution is 2.29. The number of carbonyl (C=O) groups excluding carboxylic acids is 1. The Morgan fingerprint density at radius 2 is 1.66 bits per heavy atom. The quantitative estimate of drug-likeness (QED) is 0.435. The molecule has 170 valence electrons. The predicted molar refractivity (Wildman–Crippen MR) is 122 cm³/mol. The number of aromatic nitrogens is 3. The summed E-state index contributed by atoms with van der Waals surface area (Å²) in [5.74, 6) is 3.32. The Balaban J connectivity index is 1.58. The van der Waals surface area contributed by atoms with Gasteiger partial charge in [0, 0.05) is 12.6 Å². The molecule has 3 rings (SSSR count). The number of ether oxygens (including phenoxy) is 4. The summed E-state index contributed by atoms with van der Waals surface area (Å²) in [5.41, 5.74) is 0.574. The van der Waals surface area contributed by atoms with Gasteiger partial charge in [0.05, 0.1) is 32.8 Å². The van der Waals surface area contributed by atoms with Crippen molar-refractivity contribution in [3.8, 4) is 23.0 Å². The van der Waals surface area contributed by atoms with Gasteiger partial charge in [-0.25, -0.2) is 0 Å². The van der Waals surface area contributed by atoms with Gasteiger partial charge < -0.3 is 28.8 Å². The molecule has 9 nitrogen and oxygen atoms in total. The highest BCUT2D eigenvalue weighted by molar-refractivity contribution is 7.99. The monoisotopic (exact) mass is 458 g/mol. The van der Waals surface area contributed by atoms with Gasteiger partial charge in [-0.1, -0.05) is 11.8 Å². The van der Waals surface area contributed by atoms with Gasteiger partial charge in [-0.05, 0) is 43.3 Å². The summed E-state index contributed by atoms with van der Waals surface area (Å²) in [6.45, 7) is 2.92. The average molecular weight is 459 g/mol. The number of thioether (sulfide) groups is 1. The first kappa shape index (κ1) is 23.3. The molecule has 2 aromatic carbocycles. The van der Waals surface area contributed by atoms with Crippen LogP contribution in [0, 0.1) is 0 Å². The Hall–Kier alpha value is -3.40. The highest BCUT2D eigenvalue weighted by atomic mass is 32.2. The van der Waals surface area contributed by atoms with Crippen LogP contribution < -0.4 is 24.3 Å². The Morgan fingerprint density at radius 1 is 0.969 bits per heavy atom. The molecule has 0 saturated heterocycles. The number of amides is 1. The van der Waals surface area contributed by atoms with Gasteiger partial charge in [0.25, 0.3) is 0 Å². The fourth-order valence-electron chi connectivity index (χ4n) is 2.89. The van der Waals surface area contributed by atoms with Crippen molar-refractivity contribution in [3.05, 3.63) is 48.3 Å². The smallest absolute Gasteiger partial charge is 0.234 e. The first-order valence-corrected chi connectivity index (χ1v) is 10.9. The Kier molecular flexibility index (Phi) is 8.20. The van der Waals surface area contributed by atoms with Gasteiger partial charge >= 0.3 is 0 Å². The maximum atomic E-state index is 12.5. The summed E-state index contributed by atoms with van der Waals surface area (Å²) in [6, 6.07) is 12.5. The van der Waals surface area contributed by atoms with E-state index in [0.29, 0.717) is 40.5 Å². The third-order valence-corrected chi connectivity index (χ3v) is 5.52. The molecular weight excluding hydrogens is 432 g/mol. The molecule has 0 aliphatic rings. The van der Waals surface area contributed by atoms with E-state index in [1.54, 1.807) is 39.5 Å². The minimum atomic E-state index is -0.180. The first-order chi connectivity index (χ1) is 15.6. The Labute approximate surface area is 191 Å². The Bertz CT molecular complexity index is 1040. The number of hydrogen-bond donors (Lipinski definition) is 1. The Morgan fingerprint density at radius 3 is 2.31 bits per heavy atom. The van der Waals surface area contributed by atoms with E-state index in [9.17, 15) is 4.79 Å². The lowest BCUT2D eigenvalue weighted by molar-refractivity contribution is -0.113. The molecule has 10 heteroatoms. The zero-order valence-electron chi connectivity index (χ0n) is 18.5. The topological polar surface area (TPSA) is 96.7 Å². The van der Waals surface area contributed by atoms with E-state index in [0.717, 1.165) is 5.75 Å². The van der Waals surface area contributed by atoms with Crippen molar-refractivity contribution in [1.82, 2.24) is 14.8 Å². The van der Waals surface area contributed by atoms with Crippen molar-refractivity contribution in [2.24, 2.45) is 0 Å². The minimum Gasteiger partial charge on any atom is -0.497 e. The summed E-state index contributed by atoms with van der Waals surface area (Å²) in [5, 5.41) is 11.9. The normalized spacial score (nSPS) is 10.5. The van der Waals surface area contributed by atoms with Crippen LogP contribution in [0.4, 0.5) is 5.69 Å². The van der Waals surface area contributed by atoms with Crippen LogP contribution in [0.25, 0.3) is 0 Å². The molecule has 0 bridgehead atoms. The van der Waals surface area contributed by atoms with Gasteiger partial charge in [-0.2, -0.15) is 0 Å². The van der Waals surface area contributed by atoms with Crippen molar-refractivity contribution in [2.75, 3.05) is 32.4 Å². The number of rotatable bonds is 11. The lowest BCUT2D eigenvalue weighted by atomic mass is 10.2. The zero-order valence-corrected chi connectivity index (χ0v) is 19.3. The van der Waals surface area contributed by atoms with Crippen LogP contribution in [0.5, 0.6) is 23.0 Å². The molecule has 0 radical (unpaired) electrons. The van der Waals surface area contributed by atoms with Gasteiger partial charge in [-0.15, -0.1) is 10.2 Å². The van der Waals surface area contributed by atoms with Crippen LogP contribution in [-0.4, -0.2) is 47.8 Å². The molecule has 0 aliphatic heterocycles. The summed E-state index contributed by atoms with van der Waals surface area (Å²) < 4.78 is 23.4. The number of nitrogens with one attached hydrogen (secondary N) is 1. The maximum Gasteiger partial charge on any atom is 0.234 e. The van der Waals surface area contributed by atoms with E-state index < -0.39 is 0 Å². The second-order valence-corrected chi connectivity index (χ2v) is 7.45. The fraction of sp³-hybridized carbons (Fsp3) is 0.318. The van der Waals surface area contributed by atoms with E-state index >= 15 is 0 Å². The SMILES string of the molecule is CCn1c(COc2ccc(OC)cc2)nnc1SCC(=O)Nc1ccc(OC)cc1OC. The zero-order chi connectivity index (χ0) is 22.9. The van der Waals surface area contributed by atoms with Crippen LogP contribution >= 0.6 is 11.8 Å². The molecule has 0 fully saturated rings. The number of benzene rings is 2. The summed E-state index contributed by atoms with van der Waals surface area (Å²) in [4.78, 5) is 12.5. The van der Waals surface area contributed by atoms with E-state index in [-0.39, 0.29) is 18.3 Å². The van der Waals surface area contributed by atoms with E-state index in [1.165, 1.54) is 11.8 Å². The predicted octanol–water partition coefficient (Wildman–Crippen LogP) is 3.63. The third-order valence-electron chi connectivity index (χ3n) is 4.55. The third kappa shape index (κ3) is 5.85. The standard InChI is InChI=1S/C22H26N4O5S/c1-5-26-20(13-31-16-8-6-15(28-2)7-9-16)24-25-22(26)32-14-21(27)23-18-11-10-17(29-3)12-19(18)30-4/h6-12H,5,13-14H2,1-4H3,(H,23,27). The van der Waals surface area contributed by atoms with E-state index in [1.807, 2.05) is 35.8 Å². The molecule has 1 N–H and O–H groups in total. The molecule has 0 spiro atoms. The van der Waals surface area contributed by atoms with Crippen LogP contribution in [0.2, 0.25) is 0 Å². The van der Waals surface area contributed by atoms with Crippen molar-refractivity contribution in [3.63, 3.8) is 0 Å². The van der Waals surface area contributed by atoms with Crippen LogP contribution in [0.15, 0.2) is 47.6 Å². The second-order valence-electron chi connectivity index (χ2n) is 6.51. The van der Waals surface area contributed by atoms with E-state index in [2.05, 4.69) is 15.5 Å². The minimum absolute atomic E-state index is 0.173. The number of hydrogen-bond acceptors (Lipinski definition) is 8. The number of carbonyl (C=O) groups is 1. The highest BCUT2D eigenvalue weighted by Gasteiger charge is 2.15. The molecule has 0 atom stereocenters. The largest absolute Gasteiger partial charge is 0.497 e. The molecule has 1 aromatic heterocycles. The van der Waals surface area contributed by atoms with E-state index in [4.69, 9.17) is 18.9 Å². The molecule has 3 aromatic rings. The summed E-state index contributed by atoms with van der Waals surface area (Å²) >= 11 is 1.31. The van der Waals surface area contributed by atoms with Crippen LogP contribution in [-0.2, 0) is 17.9 Å². The van der Waals surface area contributed by atoms with Crippen molar-refractivity contribution in [2.45, 2.75) is 25.2 Å². The summed E-state index contributed by atoms with van der Waals surface area (Å²) in [7, 11) is 4.73. The van der Waals surface area contributed by atoms with Crippen molar-refractivity contribution < 1.29 is 23.7 Å². The van der Waals surface area contributed by atoms with Gasteiger partial charge in [0.2, 0.25) is 5.91 Å². The molecular formula is C22H26N4O5S. The summed E-state index contributed by atoms with van der Waals surface area (Å²) in [6.07, 6.45) is 0. The average Bonchev–Trinajstić information content (AvgIpc) is 3.23. The first-order valence-electron chi connectivity index (χ1n) is 9.91. The number of methoxy groups -OCH3 is 3. The molecule has 1 amide bonds. The maximum absolute atomic E-state index is 12.5. The van der Waals surface area contributed by atoms with Gasteiger partial charge in [0.1, 0.15) is 29.6 Å². The van der Waals surface area contributed by atoms with Crippen molar-refractivity contribution >= 4 is 23.4 Å². The fourth-order valence-corrected chi connectivity index (χ4v) is 3.71. The molecule has 32 heavy (non-hydrogen) atoms. The van der Waals surface area contributed by atoms with Gasteiger partial charge in [-0.3, -0.25) is 4.79 Å². The number of nitrogens with zero attached hydrogens (tertiary/aromatic N) is 3. The molecule has 0 aliphatic carbocycles. The second kappa shape index (κ2) is 11.3. The van der Waals surface area contributed by atoms with Gasteiger partial charge in [0.15, 0.2) is 11.0 Å². The molecule has 0 saturated carbocycles. The lowest BCUT2D eigenvalue weighted by Crippen LogP contribution is -2.15. The van der Waals surface area contributed by atoms with Crippen LogP contribution in [0.3, 0.4) is 0 Å². The molecule has 1 heterocycles. The number of anilines is 1. The lowest BCUT2D eigenvalue weighted by Gasteiger charge is -2.12. The molecule has 0 unspecified atom stereocenters.